The number of para-hydroxylation sites is 1. The highest BCUT2D eigenvalue weighted by atomic mass is 16.5. The molecule has 0 N–H and O–H groups in total. The number of fused-ring (bicyclic) bond motifs is 3. The maximum atomic E-state index is 6.86. The molecule has 0 spiro atoms. The fourth-order valence-electron chi connectivity index (χ4n) is 7.68. The minimum absolute atomic E-state index is 0.543. The highest BCUT2D eigenvalue weighted by Crippen LogP contribution is 2.56. The standard InChI is InChI=1S/C47H32O/c1-4-15-33(16-5-1)41-29-27-35(40-24-14-18-34-17-10-11-23-39(34)40)31-42(41)36-28-30-44-46(32-36)48-45-26-13-12-25-43(45)47(44,37-19-6-2-7-20-37)38-21-8-3-9-22-38/h1-32H. The van der Waals surface area contributed by atoms with E-state index >= 15 is 0 Å². The van der Waals surface area contributed by atoms with E-state index < -0.39 is 5.41 Å². The predicted molar refractivity (Wildman–Crippen MR) is 199 cm³/mol. The first-order valence-electron chi connectivity index (χ1n) is 16.5. The van der Waals surface area contributed by atoms with E-state index in [1.807, 2.05) is 0 Å². The molecule has 0 aromatic heterocycles. The summed E-state index contributed by atoms with van der Waals surface area (Å²) in [6, 6.07) is 69.8. The fraction of sp³-hybridized carbons (Fsp3) is 0.0213. The number of hydrogen-bond donors (Lipinski definition) is 0. The molecule has 0 radical (unpaired) electrons. The summed E-state index contributed by atoms with van der Waals surface area (Å²) >= 11 is 0. The van der Waals surface area contributed by atoms with Crippen molar-refractivity contribution in [3.8, 4) is 44.9 Å². The highest BCUT2D eigenvalue weighted by molar-refractivity contribution is 5.98. The van der Waals surface area contributed by atoms with Gasteiger partial charge in [-0.2, -0.15) is 0 Å². The van der Waals surface area contributed by atoms with E-state index in [-0.39, 0.29) is 0 Å². The van der Waals surface area contributed by atoms with Gasteiger partial charge in [0.15, 0.2) is 0 Å². The second-order valence-electron chi connectivity index (χ2n) is 12.4. The first kappa shape index (κ1) is 28.1. The molecule has 1 heterocycles. The lowest BCUT2D eigenvalue weighted by Crippen LogP contribution is -2.34. The van der Waals surface area contributed by atoms with Crippen molar-refractivity contribution in [1.29, 1.82) is 0 Å². The molecule has 0 saturated heterocycles. The van der Waals surface area contributed by atoms with Crippen molar-refractivity contribution in [1.82, 2.24) is 0 Å². The van der Waals surface area contributed by atoms with E-state index in [1.165, 1.54) is 49.7 Å². The van der Waals surface area contributed by atoms with Gasteiger partial charge in [0.25, 0.3) is 0 Å². The van der Waals surface area contributed by atoms with Crippen LogP contribution in [0.1, 0.15) is 22.3 Å². The van der Waals surface area contributed by atoms with Crippen molar-refractivity contribution >= 4 is 10.8 Å². The minimum Gasteiger partial charge on any atom is -0.457 e. The lowest BCUT2D eigenvalue weighted by molar-refractivity contribution is 0.435. The molecule has 9 rings (SSSR count). The average molecular weight is 613 g/mol. The van der Waals surface area contributed by atoms with Crippen molar-refractivity contribution in [3.63, 3.8) is 0 Å². The molecule has 1 aliphatic rings. The van der Waals surface area contributed by atoms with Gasteiger partial charge in [-0.05, 0) is 73.5 Å². The Kier molecular flexibility index (Phi) is 6.76. The van der Waals surface area contributed by atoms with Crippen LogP contribution < -0.4 is 4.74 Å². The molecule has 0 unspecified atom stereocenters. The quantitative estimate of drug-likeness (QED) is 0.188. The Morgan fingerprint density at radius 2 is 0.917 bits per heavy atom. The van der Waals surface area contributed by atoms with Crippen LogP contribution in [0.5, 0.6) is 11.5 Å². The van der Waals surface area contributed by atoms with Gasteiger partial charge in [-0.1, -0.05) is 176 Å². The Hall–Kier alpha value is -6.18. The van der Waals surface area contributed by atoms with Crippen LogP contribution in [0.25, 0.3) is 44.2 Å². The van der Waals surface area contributed by atoms with Gasteiger partial charge in [0.2, 0.25) is 0 Å². The average Bonchev–Trinajstić information content (AvgIpc) is 3.17. The van der Waals surface area contributed by atoms with Crippen molar-refractivity contribution in [2.45, 2.75) is 5.41 Å². The summed E-state index contributed by atoms with van der Waals surface area (Å²) < 4.78 is 6.86. The Morgan fingerprint density at radius 3 is 1.69 bits per heavy atom. The molecule has 0 saturated carbocycles. The summed E-state index contributed by atoms with van der Waals surface area (Å²) in [4.78, 5) is 0. The molecule has 1 heteroatoms. The fourth-order valence-corrected chi connectivity index (χ4v) is 7.68. The third kappa shape index (κ3) is 4.47. The third-order valence-corrected chi connectivity index (χ3v) is 9.83. The minimum atomic E-state index is -0.543. The van der Waals surface area contributed by atoms with Gasteiger partial charge >= 0.3 is 0 Å². The van der Waals surface area contributed by atoms with Gasteiger partial charge < -0.3 is 4.74 Å². The first-order chi connectivity index (χ1) is 23.8. The Bertz CT molecular complexity index is 2360. The summed E-state index contributed by atoms with van der Waals surface area (Å²) in [5.74, 6) is 1.75. The van der Waals surface area contributed by atoms with Crippen LogP contribution in [0.2, 0.25) is 0 Å². The van der Waals surface area contributed by atoms with Crippen molar-refractivity contribution in [2.75, 3.05) is 0 Å². The normalized spacial score (nSPS) is 12.9. The Balaban J connectivity index is 1.30. The van der Waals surface area contributed by atoms with Gasteiger partial charge in [-0.15, -0.1) is 0 Å². The zero-order valence-corrected chi connectivity index (χ0v) is 26.4. The molecule has 226 valence electrons. The van der Waals surface area contributed by atoms with Gasteiger partial charge in [0.05, 0.1) is 5.41 Å². The number of ether oxygens (including phenoxy) is 1. The smallest absolute Gasteiger partial charge is 0.132 e. The molecule has 1 aliphatic heterocycles. The van der Waals surface area contributed by atoms with Gasteiger partial charge in [0, 0.05) is 11.1 Å². The van der Waals surface area contributed by atoms with Crippen LogP contribution in [-0.2, 0) is 5.41 Å². The van der Waals surface area contributed by atoms with E-state index in [9.17, 15) is 0 Å². The predicted octanol–water partition coefficient (Wildman–Crippen LogP) is 12.3. The van der Waals surface area contributed by atoms with E-state index in [4.69, 9.17) is 4.74 Å². The largest absolute Gasteiger partial charge is 0.457 e. The third-order valence-electron chi connectivity index (χ3n) is 9.83. The molecule has 8 aromatic carbocycles. The Labute approximate surface area is 281 Å². The molecule has 8 aromatic rings. The summed E-state index contributed by atoms with van der Waals surface area (Å²) in [6.07, 6.45) is 0. The molecule has 1 nitrogen and oxygen atoms in total. The zero-order valence-electron chi connectivity index (χ0n) is 26.4. The maximum Gasteiger partial charge on any atom is 0.132 e. The molecular weight excluding hydrogens is 581 g/mol. The van der Waals surface area contributed by atoms with Crippen LogP contribution in [0.4, 0.5) is 0 Å². The van der Waals surface area contributed by atoms with Crippen LogP contribution in [0.15, 0.2) is 194 Å². The molecule has 0 bridgehead atoms. The van der Waals surface area contributed by atoms with E-state index in [0.717, 1.165) is 28.2 Å². The monoisotopic (exact) mass is 612 g/mol. The SMILES string of the molecule is c1ccc(-c2ccc(-c3cccc4ccccc34)cc2-c2ccc3c(c2)Oc2ccccc2C3(c2ccccc2)c2ccccc2)cc1. The molecule has 0 aliphatic carbocycles. The number of benzene rings is 8. The van der Waals surface area contributed by atoms with E-state index in [0.29, 0.717) is 0 Å². The summed E-state index contributed by atoms with van der Waals surface area (Å²) in [5, 5.41) is 2.49. The zero-order chi connectivity index (χ0) is 31.9. The number of rotatable bonds is 5. The van der Waals surface area contributed by atoms with Crippen molar-refractivity contribution in [2.24, 2.45) is 0 Å². The van der Waals surface area contributed by atoms with E-state index in [1.54, 1.807) is 0 Å². The van der Waals surface area contributed by atoms with Gasteiger partial charge in [-0.25, -0.2) is 0 Å². The van der Waals surface area contributed by atoms with E-state index in [2.05, 4.69) is 194 Å². The molecular formula is C47H32O. The molecule has 0 fully saturated rings. The topological polar surface area (TPSA) is 9.23 Å². The van der Waals surface area contributed by atoms with Gasteiger partial charge in [0.1, 0.15) is 11.5 Å². The molecule has 0 amide bonds. The van der Waals surface area contributed by atoms with Crippen molar-refractivity contribution in [3.05, 3.63) is 216 Å². The summed E-state index contributed by atoms with van der Waals surface area (Å²) in [5.41, 5.74) is 11.2. The first-order valence-corrected chi connectivity index (χ1v) is 16.5. The van der Waals surface area contributed by atoms with Gasteiger partial charge in [-0.3, -0.25) is 0 Å². The lowest BCUT2D eigenvalue weighted by atomic mass is 9.63. The van der Waals surface area contributed by atoms with Crippen molar-refractivity contribution < 1.29 is 4.74 Å². The van der Waals surface area contributed by atoms with Crippen LogP contribution in [0.3, 0.4) is 0 Å². The number of hydrogen-bond acceptors (Lipinski definition) is 1. The van der Waals surface area contributed by atoms with Crippen LogP contribution >= 0.6 is 0 Å². The summed E-state index contributed by atoms with van der Waals surface area (Å²) in [6.45, 7) is 0. The summed E-state index contributed by atoms with van der Waals surface area (Å²) in [7, 11) is 0. The second-order valence-corrected chi connectivity index (χ2v) is 12.4. The molecule has 0 atom stereocenters. The molecule has 48 heavy (non-hydrogen) atoms. The second kappa shape index (κ2) is 11.6. The van der Waals surface area contributed by atoms with Crippen LogP contribution in [-0.4, -0.2) is 0 Å². The highest BCUT2D eigenvalue weighted by Gasteiger charge is 2.45. The maximum absolute atomic E-state index is 6.86. The lowest BCUT2D eigenvalue weighted by Gasteiger charge is -2.41. The Morgan fingerprint density at radius 1 is 0.333 bits per heavy atom. The van der Waals surface area contributed by atoms with Crippen LogP contribution in [0, 0.1) is 0 Å².